The highest BCUT2D eigenvalue weighted by Gasteiger charge is 2.05. The van der Waals surface area contributed by atoms with Crippen LogP contribution in [0.3, 0.4) is 0 Å². The maximum absolute atomic E-state index is 8.95. The fourth-order valence-corrected chi connectivity index (χ4v) is 2.85. The van der Waals surface area contributed by atoms with Crippen molar-refractivity contribution < 1.29 is 10.2 Å². The van der Waals surface area contributed by atoms with Crippen LogP contribution in [0.5, 0.6) is 0 Å². The van der Waals surface area contributed by atoms with Crippen LogP contribution in [-0.2, 0) is 12.8 Å². The molecule has 0 saturated carbocycles. The molecule has 0 spiro atoms. The van der Waals surface area contributed by atoms with Gasteiger partial charge in [0, 0.05) is 13.2 Å². The van der Waals surface area contributed by atoms with E-state index in [-0.39, 0.29) is 13.2 Å². The summed E-state index contributed by atoms with van der Waals surface area (Å²) < 4.78 is 0. The monoisotopic (exact) mass is 298 g/mol. The van der Waals surface area contributed by atoms with Gasteiger partial charge in [0.05, 0.1) is 0 Å². The first kappa shape index (κ1) is 16.7. The maximum atomic E-state index is 8.95. The van der Waals surface area contributed by atoms with Crippen molar-refractivity contribution in [3.63, 3.8) is 0 Å². The second-order valence-electron chi connectivity index (χ2n) is 5.94. The average Bonchev–Trinajstić information content (AvgIpc) is 2.52. The molecule has 2 nitrogen and oxygen atoms in total. The van der Waals surface area contributed by atoms with Gasteiger partial charge >= 0.3 is 0 Å². The fraction of sp³-hybridized carbons (Fsp3) is 0.400. The fourth-order valence-electron chi connectivity index (χ4n) is 2.85. The predicted octanol–water partition coefficient (Wildman–Crippen LogP) is 3.82. The van der Waals surface area contributed by atoms with Crippen molar-refractivity contribution in [1.82, 2.24) is 0 Å². The van der Waals surface area contributed by atoms with Gasteiger partial charge in [0.2, 0.25) is 0 Å². The molecule has 0 radical (unpaired) electrons. The Balaban J connectivity index is 2.21. The van der Waals surface area contributed by atoms with Crippen LogP contribution in [0.4, 0.5) is 0 Å². The number of hydrogen-bond donors (Lipinski definition) is 2. The van der Waals surface area contributed by atoms with Crippen LogP contribution in [0.25, 0.3) is 11.1 Å². The smallest absolute Gasteiger partial charge is 0.0434 e. The summed E-state index contributed by atoms with van der Waals surface area (Å²) in [6.45, 7) is 4.77. The highest BCUT2D eigenvalue weighted by molar-refractivity contribution is 5.66. The third-order valence-electron chi connectivity index (χ3n) is 4.23. The summed E-state index contributed by atoms with van der Waals surface area (Å²) in [4.78, 5) is 0. The number of benzene rings is 2. The van der Waals surface area contributed by atoms with Gasteiger partial charge in [-0.05, 0) is 72.9 Å². The number of aliphatic hydroxyl groups is 2. The molecule has 22 heavy (non-hydrogen) atoms. The SMILES string of the molecule is Cc1cc(-c2ccc(CCCO)c(C)c2)ccc1CCCO. The summed E-state index contributed by atoms with van der Waals surface area (Å²) in [6, 6.07) is 13.2. The number of aryl methyl sites for hydroxylation is 4. The Kier molecular flexibility index (Phi) is 6.17. The van der Waals surface area contributed by atoms with Gasteiger partial charge in [0.1, 0.15) is 0 Å². The molecule has 0 aliphatic rings. The molecule has 2 aromatic carbocycles. The zero-order valence-electron chi connectivity index (χ0n) is 13.6. The topological polar surface area (TPSA) is 40.5 Å². The van der Waals surface area contributed by atoms with E-state index in [0.717, 1.165) is 25.7 Å². The van der Waals surface area contributed by atoms with Gasteiger partial charge in [-0.1, -0.05) is 36.4 Å². The van der Waals surface area contributed by atoms with Crippen molar-refractivity contribution in [1.29, 1.82) is 0 Å². The highest BCUT2D eigenvalue weighted by Crippen LogP contribution is 2.25. The van der Waals surface area contributed by atoms with Crippen molar-refractivity contribution in [3.05, 3.63) is 58.7 Å². The maximum Gasteiger partial charge on any atom is 0.0434 e. The summed E-state index contributed by atoms with van der Waals surface area (Å²) in [5.41, 5.74) is 7.67. The Morgan fingerprint density at radius 3 is 1.41 bits per heavy atom. The largest absolute Gasteiger partial charge is 0.396 e. The molecule has 0 saturated heterocycles. The average molecular weight is 298 g/mol. The van der Waals surface area contributed by atoms with E-state index in [1.807, 2.05) is 0 Å². The Morgan fingerprint density at radius 2 is 1.09 bits per heavy atom. The lowest BCUT2D eigenvalue weighted by Gasteiger charge is -2.11. The summed E-state index contributed by atoms with van der Waals surface area (Å²) in [6.07, 6.45) is 3.50. The molecule has 0 aliphatic carbocycles. The molecule has 0 aromatic heterocycles. The minimum atomic E-state index is 0.246. The Bertz CT molecular complexity index is 562. The lowest BCUT2D eigenvalue weighted by atomic mass is 9.94. The van der Waals surface area contributed by atoms with Crippen LogP contribution >= 0.6 is 0 Å². The number of aliphatic hydroxyl groups excluding tert-OH is 2. The molecule has 0 aliphatic heterocycles. The lowest BCUT2D eigenvalue weighted by molar-refractivity contribution is 0.288. The molecule has 118 valence electrons. The van der Waals surface area contributed by atoms with E-state index >= 15 is 0 Å². The summed E-state index contributed by atoms with van der Waals surface area (Å²) in [5.74, 6) is 0. The second-order valence-corrected chi connectivity index (χ2v) is 5.94. The van der Waals surface area contributed by atoms with Crippen LogP contribution < -0.4 is 0 Å². The normalized spacial score (nSPS) is 10.9. The molecule has 0 unspecified atom stereocenters. The van der Waals surface area contributed by atoms with Gasteiger partial charge in [0.25, 0.3) is 0 Å². The van der Waals surface area contributed by atoms with Gasteiger partial charge in [-0.25, -0.2) is 0 Å². The summed E-state index contributed by atoms with van der Waals surface area (Å²) in [7, 11) is 0. The minimum Gasteiger partial charge on any atom is -0.396 e. The van der Waals surface area contributed by atoms with Crippen molar-refractivity contribution in [2.75, 3.05) is 13.2 Å². The van der Waals surface area contributed by atoms with E-state index in [2.05, 4.69) is 50.2 Å². The van der Waals surface area contributed by atoms with Gasteiger partial charge in [-0.15, -0.1) is 0 Å². The highest BCUT2D eigenvalue weighted by atomic mass is 16.3. The van der Waals surface area contributed by atoms with Gasteiger partial charge in [-0.2, -0.15) is 0 Å². The third-order valence-corrected chi connectivity index (χ3v) is 4.23. The molecule has 2 heteroatoms. The van der Waals surface area contributed by atoms with E-state index in [4.69, 9.17) is 10.2 Å². The second kappa shape index (κ2) is 8.11. The minimum absolute atomic E-state index is 0.246. The standard InChI is InChI=1S/C20H26O2/c1-15-13-19(9-7-17(15)5-3-11-21)20-10-8-18(6-4-12-22)16(2)14-20/h7-10,13-14,21-22H,3-6,11-12H2,1-2H3. The van der Waals surface area contributed by atoms with E-state index in [9.17, 15) is 0 Å². The Morgan fingerprint density at radius 1 is 0.682 bits per heavy atom. The first-order valence-electron chi connectivity index (χ1n) is 8.07. The molecule has 0 amide bonds. The Hall–Kier alpha value is -1.64. The molecule has 0 fully saturated rings. The lowest BCUT2D eigenvalue weighted by Crippen LogP contribution is -1.95. The summed E-state index contributed by atoms with van der Waals surface area (Å²) >= 11 is 0. The van der Waals surface area contributed by atoms with Crippen LogP contribution in [0.15, 0.2) is 36.4 Å². The van der Waals surface area contributed by atoms with Crippen LogP contribution in [-0.4, -0.2) is 23.4 Å². The molecule has 2 aromatic rings. The van der Waals surface area contributed by atoms with Gasteiger partial charge in [-0.3, -0.25) is 0 Å². The van der Waals surface area contributed by atoms with E-state index < -0.39 is 0 Å². The third kappa shape index (κ3) is 4.19. The predicted molar refractivity (Wildman–Crippen MR) is 92.2 cm³/mol. The molecule has 2 N–H and O–H groups in total. The van der Waals surface area contributed by atoms with Crippen LogP contribution in [0.1, 0.15) is 35.1 Å². The number of hydrogen-bond acceptors (Lipinski definition) is 2. The molecule has 2 rings (SSSR count). The Labute approximate surface area is 133 Å². The summed E-state index contributed by atoms with van der Waals surface area (Å²) in [5, 5.41) is 17.9. The van der Waals surface area contributed by atoms with E-state index in [1.165, 1.54) is 33.4 Å². The zero-order valence-corrected chi connectivity index (χ0v) is 13.6. The molecule has 0 bridgehead atoms. The molecule has 0 atom stereocenters. The first-order valence-corrected chi connectivity index (χ1v) is 8.07. The van der Waals surface area contributed by atoms with Crippen molar-refractivity contribution >= 4 is 0 Å². The molecule has 0 heterocycles. The van der Waals surface area contributed by atoms with Crippen LogP contribution in [0.2, 0.25) is 0 Å². The molecular formula is C20H26O2. The van der Waals surface area contributed by atoms with Crippen molar-refractivity contribution in [2.45, 2.75) is 39.5 Å². The van der Waals surface area contributed by atoms with Crippen molar-refractivity contribution in [3.8, 4) is 11.1 Å². The van der Waals surface area contributed by atoms with E-state index in [1.54, 1.807) is 0 Å². The quantitative estimate of drug-likeness (QED) is 0.816. The molecular weight excluding hydrogens is 272 g/mol. The zero-order chi connectivity index (χ0) is 15.9. The van der Waals surface area contributed by atoms with Crippen molar-refractivity contribution in [2.24, 2.45) is 0 Å². The van der Waals surface area contributed by atoms with Crippen LogP contribution in [0, 0.1) is 13.8 Å². The van der Waals surface area contributed by atoms with E-state index in [0.29, 0.717) is 0 Å². The number of rotatable bonds is 7. The first-order chi connectivity index (χ1) is 10.7. The van der Waals surface area contributed by atoms with Gasteiger partial charge < -0.3 is 10.2 Å². The van der Waals surface area contributed by atoms with Gasteiger partial charge in [0.15, 0.2) is 0 Å².